The third-order valence-corrected chi connectivity index (χ3v) is 4.06. The Kier molecular flexibility index (Phi) is 4.16. The van der Waals surface area contributed by atoms with Gasteiger partial charge in [-0.3, -0.25) is 10.4 Å². The van der Waals surface area contributed by atoms with Crippen molar-refractivity contribution in [1.82, 2.24) is 15.0 Å². The predicted octanol–water partition coefficient (Wildman–Crippen LogP) is 3.48. The minimum Gasteiger partial charge on any atom is -0.265 e. The number of aryl methyl sites for hydroxylation is 1. The van der Waals surface area contributed by atoms with Gasteiger partial charge in [-0.2, -0.15) is 5.10 Å². The van der Waals surface area contributed by atoms with Crippen molar-refractivity contribution in [1.29, 1.82) is 0 Å². The van der Waals surface area contributed by atoms with Gasteiger partial charge in [-0.15, -0.1) is 11.3 Å². The van der Waals surface area contributed by atoms with E-state index in [-0.39, 0.29) is 0 Å². The molecule has 0 saturated heterocycles. The van der Waals surface area contributed by atoms with Crippen molar-refractivity contribution in [3.8, 4) is 0 Å². The third-order valence-electron chi connectivity index (χ3n) is 3.04. The number of fused-ring (bicyclic) bond motifs is 1. The van der Waals surface area contributed by atoms with Crippen molar-refractivity contribution in [3.05, 3.63) is 47.4 Å². The van der Waals surface area contributed by atoms with E-state index in [1.165, 1.54) is 5.56 Å². The summed E-state index contributed by atoms with van der Waals surface area (Å²) < 4.78 is 1.05. The third kappa shape index (κ3) is 3.05. The Morgan fingerprint density at radius 3 is 2.95 bits per heavy atom. The molecule has 5 nitrogen and oxygen atoms in total. The molecule has 21 heavy (non-hydrogen) atoms. The molecule has 0 aliphatic heterocycles. The second-order valence-electron chi connectivity index (χ2n) is 4.56. The number of hydrazone groups is 1. The first kappa shape index (κ1) is 13.6. The highest BCUT2D eigenvalue weighted by Crippen LogP contribution is 2.29. The monoisotopic (exact) mass is 297 g/mol. The van der Waals surface area contributed by atoms with Crippen LogP contribution in [0.15, 0.2) is 41.3 Å². The number of hydrogen-bond donors (Lipinski definition) is 1. The predicted molar refractivity (Wildman–Crippen MR) is 86.9 cm³/mol. The van der Waals surface area contributed by atoms with Crippen LogP contribution in [0.2, 0.25) is 0 Å². The van der Waals surface area contributed by atoms with Crippen molar-refractivity contribution < 1.29 is 0 Å². The standard InChI is InChI=1S/C15H15N5S/c1-2-3-12-9-21-14-13(12)17-10-18-15(14)20-19-8-11-4-6-16-7-5-11/h4-10H,2-3H2,1H3,(H,17,18,20)/b19-8+. The molecule has 0 aromatic carbocycles. The zero-order valence-corrected chi connectivity index (χ0v) is 12.5. The van der Waals surface area contributed by atoms with Crippen LogP contribution >= 0.6 is 11.3 Å². The molecule has 0 aliphatic carbocycles. The first-order valence-electron chi connectivity index (χ1n) is 6.78. The molecule has 3 aromatic rings. The number of thiophene rings is 1. The van der Waals surface area contributed by atoms with Crippen LogP contribution in [0, 0.1) is 0 Å². The van der Waals surface area contributed by atoms with E-state index in [1.54, 1.807) is 36.3 Å². The summed E-state index contributed by atoms with van der Waals surface area (Å²) in [5.74, 6) is 0.748. The molecule has 3 heterocycles. The van der Waals surface area contributed by atoms with Gasteiger partial charge in [0.25, 0.3) is 0 Å². The number of nitrogens with zero attached hydrogens (tertiary/aromatic N) is 4. The normalized spacial score (nSPS) is 11.3. The number of hydrogen-bond acceptors (Lipinski definition) is 6. The molecule has 0 aliphatic rings. The topological polar surface area (TPSA) is 63.1 Å². The van der Waals surface area contributed by atoms with E-state index in [0.717, 1.165) is 34.4 Å². The van der Waals surface area contributed by atoms with Gasteiger partial charge in [-0.1, -0.05) is 13.3 Å². The van der Waals surface area contributed by atoms with E-state index in [4.69, 9.17) is 0 Å². The quantitative estimate of drug-likeness (QED) is 0.578. The summed E-state index contributed by atoms with van der Waals surface area (Å²) >= 11 is 1.66. The fourth-order valence-corrected chi connectivity index (χ4v) is 3.04. The Bertz CT molecular complexity index is 751. The first-order valence-corrected chi connectivity index (χ1v) is 7.66. The summed E-state index contributed by atoms with van der Waals surface area (Å²) in [6.45, 7) is 2.17. The maximum absolute atomic E-state index is 4.39. The summed E-state index contributed by atoms with van der Waals surface area (Å²) in [5.41, 5.74) is 6.29. The van der Waals surface area contributed by atoms with Gasteiger partial charge >= 0.3 is 0 Å². The lowest BCUT2D eigenvalue weighted by atomic mass is 10.2. The first-order chi connectivity index (χ1) is 10.4. The van der Waals surface area contributed by atoms with Crippen molar-refractivity contribution in [2.75, 3.05) is 5.43 Å². The van der Waals surface area contributed by atoms with Gasteiger partial charge in [-0.05, 0) is 35.1 Å². The van der Waals surface area contributed by atoms with E-state index in [2.05, 4.69) is 37.8 Å². The molecule has 106 valence electrons. The highest BCUT2D eigenvalue weighted by molar-refractivity contribution is 7.18. The number of anilines is 1. The summed E-state index contributed by atoms with van der Waals surface area (Å²) in [4.78, 5) is 12.6. The Morgan fingerprint density at radius 1 is 1.29 bits per heavy atom. The molecule has 3 rings (SSSR count). The van der Waals surface area contributed by atoms with E-state index >= 15 is 0 Å². The van der Waals surface area contributed by atoms with E-state index in [0.29, 0.717) is 0 Å². The largest absolute Gasteiger partial charge is 0.265 e. The Morgan fingerprint density at radius 2 is 2.14 bits per heavy atom. The van der Waals surface area contributed by atoms with Gasteiger partial charge < -0.3 is 0 Å². The van der Waals surface area contributed by atoms with Gasteiger partial charge in [0.15, 0.2) is 5.82 Å². The second-order valence-corrected chi connectivity index (χ2v) is 5.44. The molecule has 0 atom stereocenters. The lowest BCUT2D eigenvalue weighted by molar-refractivity contribution is 0.929. The van der Waals surface area contributed by atoms with E-state index in [9.17, 15) is 0 Å². The molecule has 6 heteroatoms. The number of pyridine rings is 1. The number of nitrogens with one attached hydrogen (secondary N) is 1. The average Bonchev–Trinajstić information content (AvgIpc) is 2.93. The van der Waals surface area contributed by atoms with Crippen LogP contribution < -0.4 is 5.43 Å². The van der Waals surface area contributed by atoms with Crippen molar-refractivity contribution in [2.45, 2.75) is 19.8 Å². The Labute approximate surface area is 126 Å². The molecule has 0 unspecified atom stereocenters. The van der Waals surface area contributed by atoms with Gasteiger partial charge in [-0.25, -0.2) is 9.97 Å². The fourth-order valence-electron chi connectivity index (χ4n) is 2.04. The summed E-state index contributed by atoms with van der Waals surface area (Å²) in [7, 11) is 0. The van der Waals surface area contributed by atoms with Crippen molar-refractivity contribution in [2.24, 2.45) is 5.10 Å². The van der Waals surface area contributed by atoms with Gasteiger partial charge in [0.05, 0.1) is 16.4 Å². The van der Waals surface area contributed by atoms with Gasteiger partial charge in [0.1, 0.15) is 6.33 Å². The zero-order chi connectivity index (χ0) is 14.5. The smallest absolute Gasteiger partial charge is 0.167 e. The maximum Gasteiger partial charge on any atom is 0.167 e. The van der Waals surface area contributed by atoms with Crippen LogP contribution in [0.3, 0.4) is 0 Å². The SMILES string of the molecule is CCCc1csc2c(N/N=C/c3ccncc3)ncnc12. The minimum atomic E-state index is 0.748. The van der Waals surface area contributed by atoms with Gasteiger partial charge in [0.2, 0.25) is 0 Å². The molecular weight excluding hydrogens is 282 g/mol. The fraction of sp³-hybridized carbons (Fsp3) is 0.200. The zero-order valence-electron chi connectivity index (χ0n) is 11.7. The summed E-state index contributed by atoms with van der Waals surface area (Å²) in [6, 6.07) is 3.79. The van der Waals surface area contributed by atoms with Gasteiger partial charge in [0, 0.05) is 12.4 Å². The Hall–Kier alpha value is -2.34. The van der Waals surface area contributed by atoms with Crippen molar-refractivity contribution >= 4 is 33.6 Å². The van der Waals surface area contributed by atoms with Crippen LogP contribution in [0.5, 0.6) is 0 Å². The number of aromatic nitrogens is 3. The minimum absolute atomic E-state index is 0.748. The lowest BCUT2D eigenvalue weighted by Crippen LogP contribution is -1.95. The van der Waals surface area contributed by atoms with Crippen molar-refractivity contribution in [3.63, 3.8) is 0 Å². The second kappa shape index (κ2) is 6.41. The number of rotatable bonds is 5. The summed E-state index contributed by atoms with van der Waals surface area (Å²) in [6.07, 6.45) is 8.95. The van der Waals surface area contributed by atoms with E-state index < -0.39 is 0 Å². The van der Waals surface area contributed by atoms with Crippen LogP contribution in [0.25, 0.3) is 10.2 Å². The molecule has 0 radical (unpaired) electrons. The molecule has 1 N–H and O–H groups in total. The highest BCUT2D eigenvalue weighted by atomic mass is 32.1. The van der Waals surface area contributed by atoms with Crippen LogP contribution in [-0.2, 0) is 6.42 Å². The highest BCUT2D eigenvalue weighted by Gasteiger charge is 2.09. The molecule has 3 aromatic heterocycles. The molecule has 0 fully saturated rings. The lowest BCUT2D eigenvalue weighted by Gasteiger charge is -2.01. The molecular formula is C15H15N5S. The summed E-state index contributed by atoms with van der Waals surface area (Å²) in [5, 5.41) is 6.38. The van der Waals surface area contributed by atoms with Crippen LogP contribution in [-0.4, -0.2) is 21.2 Å². The average molecular weight is 297 g/mol. The molecule has 0 saturated carbocycles. The van der Waals surface area contributed by atoms with Crippen LogP contribution in [0.1, 0.15) is 24.5 Å². The molecule has 0 amide bonds. The Balaban J connectivity index is 1.83. The van der Waals surface area contributed by atoms with Crippen LogP contribution in [0.4, 0.5) is 5.82 Å². The maximum atomic E-state index is 4.39. The van der Waals surface area contributed by atoms with E-state index in [1.807, 2.05) is 12.1 Å². The molecule has 0 spiro atoms. The molecule has 0 bridgehead atoms.